The molecule has 0 radical (unpaired) electrons. The lowest BCUT2D eigenvalue weighted by Gasteiger charge is -2.15. The zero-order chi connectivity index (χ0) is 17.3. The molecule has 0 aliphatic heterocycles. The number of thiazole rings is 1. The van der Waals surface area contributed by atoms with Gasteiger partial charge in [0.05, 0.1) is 26.8 Å². The Bertz CT molecular complexity index is 814. The summed E-state index contributed by atoms with van der Waals surface area (Å²) in [7, 11) is 0. The average Bonchev–Trinajstić information content (AvgIpc) is 3.15. The van der Waals surface area contributed by atoms with Crippen molar-refractivity contribution < 1.29 is 4.79 Å². The van der Waals surface area contributed by atoms with Crippen LogP contribution in [-0.2, 0) is 4.79 Å². The van der Waals surface area contributed by atoms with E-state index < -0.39 is 0 Å². The first-order valence-electron chi connectivity index (χ1n) is 8.12. The van der Waals surface area contributed by atoms with E-state index in [1.807, 2.05) is 39.0 Å². The Kier molecular flexibility index (Phi) is 4.66. The van der Waals surface area contributed by atoms with E-state index >= 15 is 0 Å². The van der Waals surface area contributed by atoms with E-state index in [2.05, 4.69) is 33.5 Å². The molecule has 2 N–H and O–H groups in total. The molecule has 24 heavy (non-hydrogen) atoms. The van der Waals surface area contributed by atoms with Crippen LogP contribution in [0, 0.1) is 13.8 Å². The fraction of sp³-hybridized carbons (Fsp3) is 0.389. The van der Waals surface area contributed by atoms with Crippen LogP contribution in [0.1, 0.15) is 47.6 Å². The third-order valence-corrected chi connectivity index (χ3v) is 5.59. The molecule has 5 nitrogen and oxygen atoms in total. The van der Waals surface area contributed by atoms with E-state index in [-0.39, 0.29) is 17.7 Å². The summed E-state index contributed by atoms with van der Waals surface area (Å²) in [6.07, 6.45) is 0. The van der Waals surface area contributed by atoms with Gasteiger partial charge in [-0.05, 0) is 32.9 Å². The number of amides is 1. The molecule has 0 aliphatic carbocycles. The summed E-state index contributed by atoms with van der Waals surface area (Å²) in [5.41, 5.74) is 3.84. The van der Waals surface area contributed by atoms with Crippen molar-refractivity contribution in [2.75, 3.05) is 6.54 Å². The second-order valence-electron chi connectivity index (χ2n) is 6.24. The van der Waals surface area contributed by atoms with Gasteiger partial charge in [0.15, 0.2) is 0 Å². The smallest absolute Gasteiger partial charge is 0.227 e. The van der Waals surface area contributed by atoms with Crippen LogP contribution >= 0.6 is 11.3 Å². The van der Waals surface area contributed by atoms with Gasteiger partial charge in [0.1, 0.15) is 0 Å². The van der Waals surface area contributed by atoms with Crippen molar-refractivity contribution in [1.82, 2.24) is 20.5 Å². The standard InChI is InChI=1S/C18H22N4OS/c1-10(18-20-14-7-5-6-8-15(14)24-18)9-19-17(23)11(2)16-12(3)21-22-13(16)4/h5-8,10-11H,9H2,1-4H3,(H,19,23)(H,21,22)/t10-,11+/m0/s1. The number of carbonyl (C=O) groups is 1. The van der Waals surface area contributed by atoms with Crippen molar-refractivity contribution in [3.8, 4) is 0 Å². The number of aromatic nitrogens is 3. The van der Waals surface area contributed by atoms with E-state index in [0.717, 1.165) is 27.5 Å². The van der Waals surface area contributed by atoms with Gasteiger partial charge in [0.2, 0.25) is 5.91 Å². The molecule has 0 aliphatic rings. The molecule has 2 aromatic heterocycles. The van der Waals surface area contributed by atoms with Crippen LogP contribution in [0.2, 0.25) is 0 Å². The Labute approximate surface area is 145 Å². The molecule has 2 heterocycles. The SMILES string of the molecule is Cc1n[nH]c(C)c1[C@@H](C)C(=O)NC[C@H](C)c1nc2ccccc2s1. The molecular formula is C18H22N4OS. The van der Waals surface area contributed by atoms with Crippen molar-refractivity contribution in [3.63, 3.8) is 0 Å². The van der Waals surface area contributed by atoms with E-state index in [1.165, 1.54) is 4.70 Å². The van der Waals surface area contributed by atoms with Crippen LogP contribution in [0.5, 0.6) is 0 Å². The van der Waals surface area contributed by atoms with Crippen LogP contribution in [0.4, 0.5) is 0 Å². The van der Waals surface area contributed by atoms with Gasteiger partial charge in [-0.3, -0.25) is 9.89 Å². The summed E-state index contributed by atoms with van der Waals surface area (Å²) in [4.78, 5) is 17.1. The third kappa shape index (κ3) is 3.19. The number of aryl methyl sites for hydroxylation is 2. The number of hydrogen-bond acceptors (Lipinski definition) is 4. The maximum atomic E-state index is 12.5. The number of rotatable bonds is 5. The number of para-hydroxylation sites is 1. The van der Waals surface area contributed by atoms with Crippen molar-refractivity contribution >= 4 is 27.5 Å². The number of hydrogen-bond donors (Lipinski definition) is 2. The van der Waals surface area contributed by atoms with Gasteiger partial charge in [-0.25, -0.2) is 4.98 Å². The van der Waals surface area contributed by atoms with Gasteiger partial charge in [-0.15, -0.1) is 11.3 Å². The van der Waals surface area contributed by atoms with Gasteiger partial charge >= 0.3 is 0 Å². The van der Waals surface area contributed by atoms with Crippen molar-refractivity contribution in [2.45, 2.75) is 39.5 Å². The van der Waals surface area contributed by atoms with Gasteiger partial charge in [-0.2, -0.15) is 5.10 Å². The van der Waals surface area contributed by atoms with Gasteiger partial charge in [0, 0.05) is 23.7 Å². The molecule has 3 aromatic rings. The third-order valence-electron chi connectivity index (χ3n) is 4.33. The lowest BCUT2D eigenvalue weighted by molar-refractivity contribution is -0.122. The molecule has 1 aromatic carbocycles. The second kappa shape index (κ2) is 6.73. The molecule has 1 amide bonds. The van der Waals surface area contributed by atoms with Gasteiger partial charge in [-0.1, -0.05) is 19.1 Å². The fourth-order valence-corrected chi connectivity index (χ4v) is 3.94. The van der Waals surface area contributed by atoms with E-state index in [4.69, 9.17) is 0 Å². The Balaban J connectivity index is 1.65. The summed E-state index contributed by atoms with van der Waals surface area (Å²) >= 11 is 1.69. The predicted molar refractivity (Wildman–Crippen MR) is 97.5 cm³/mol. The normalized spacial score (nSPS) is 13.8. The molecule has 0 bridgehead atoms. The zero-order valence-electron chi connectivity index (χ0n) is 14.4. The van der Waals surface area contributed by atoms with Crippen LogP contribution < -0.4 is 5.32 Å². The molecule has 0 saturated heterocycles. The van der Waals surface area contributed by atoms with Gasteiger partial charge in [0.25, 0.3) is 0 Å². The number of nitrogens with one attached hydrogen (secondary N) is 2. The Morgan fingerprint density at radius 3 is 2.71 bits per heavy atom. The highest BCUT2D eigenvalue weighted by Gasteiger charge is 2.22. The minimum Gasteiger partial charge on any atom is -0.355 e. The van der Waals surface area contributed by atoms with Crippen molar-refractivity contribution in [1.29, 1.82) is 0 Å². The Morgan fingerprint density at radius 1 is 1.29 bits per heavy atom. The maximum absolute atomic E-state index is 12.5. The minimum absolute atomic E-state index is 0.0237. The van der Waals surface area contributed by atoms with Crippen LogP contribution in [0.25, 0.3) is 10.2 Å². The Hall–Kier alpha value is -2.21. The predicted octanol–water partition coefficient (Wildman–Crippen LogP) is 3.66. The van der Waals surface area contributed by atoms with Crippen LogP contribution in [0.15, 0.2) is 24.3 Å². The highest BCUT2D eigenvalue weighted by atomic mass is 32.1. The molecule has 0 spiro atoms. The number of aromatic amines is 1. The fourth-order valence-electron chi connectivity index (χ4n) is 2.92. The molecule has 126 valence electrons. The number of benzene rings is 1. The first kappa shape index (κ1) is 16.6. The second-order valence-corrected chi connectivity index (χ2v) is 7.30. The largest absolute Gasteiger partial charge is 0.355 e. The maximum Gasteiger partial charge on any atom is 0.227 e. The zero-order valence-corrected chi connectivity index (χ0v) is 15.2. The molecular weight excluding hydrogens is 320 g/mol. The first-order chi connectivity index (χ1) is 11.5. The molecule has 0 fully saturated rings. The molecule has 3 rings (SSSR count). The summed E-state index contributed by atoms with van der Waals surface area (Å²) in [5, 5.41) is 11.2. The summed E-state index contributed by atoms with van der Waals surface area (Å²) < 4.78 is 1.18. The average molecular weight is 342 g/mol. The number of H-pyrrole nitrogens is 1. The molecule has 2 atom stereocenters. The number of carbonyl (C=O) groups excluding carboxylic acids is 1. The van der Waals surface area contributed by atoms with E-state index in [9.17, 15) is 4.79 Å². The highest BCUT2D eigenvalue weighted by molar-refractivity contribution is 7.18. The molecule has 0 unspecified atom stereocenters. The molecule has 0 saturated carbocycles. The van der Waals surface area contributed by atoms with Gasteiger partial charge < -0.3 is 5.32 Å². The molecule has 6 heteroatoms. The van der Waals surface area contributed by atoms with Crippen LogP contribution in [-0.4, -0.2) is 27.6 Å². The first-order valence-corrected chi connectivity index (χ1v) is 8.93. The number of nitrogens with zero attached hydrogens (tertiary/aromatic N) is 2. The lowest BCUT2D eigenvalue weighted by Crippen LogP contribution is -2.31. The summed E-state index contributed by atoms with van der Waals surface area (Å²) in [5.74, 6) is -0.00743. The lowest BCUT2D eigenvalue weighted by atomic mass is 9.98. The minimum atomic E-state index is -0.216. The van der Waals surface area contributed by atoms with Crippen LogP contribution in [0.3, 0.4) is 0 Å². The Morgan fingerprint density at radius 2 is 2.04 bits per heavy atom. The van der Waals surface area contributed by atoms with Crippen molar-refractivity contribution in [2.24, 2.45) is 0 Å². The summed E-state index contributed by atoms with van der Waals surface area (Å²) in [6, 6.07) is 8.12. The number of fused-ring (bicyclic) bond motifs is 1. The quantitative estimate of drug-likeness (QED) is 0.743. The summed E-state index contributed by atoms with van der Waals surface area (Å²) in [6.45, 7) is 8.47. The van der Waals surface area contributed by atoms with E-state index in [0.29, 0.717) is 6.54 Å². The van der Waals surface area contributed by atoms with Crippen molar-refractivity contribution in [3.05, 3.63) is 46.2 Å². The topological polar surface area (TPSA) is 70.7 Å². The highest BCUT2D eigenvalue weighted by Crippen LogP contribution is 2.27. The monoisotopic (exact) mass is 342 g/mol. The van der Waals surface area contributed by atoms with E-state index in [1.54, 1.807) is 11.3 Å².